The summed E-state index contributed by atoms with van der Waals surface area (Å²) in [4.78, 5) is 29.6. The van der Waals surface area contributed by atoms with Gasteiger partial charge in [0.05, 0.1) is 22.8 Å². The van der Waals surface area contributed by atoms with Gasteiger partial charge in [0, 0.05) is 4.90 Å². The van der Waals surface area contributed by atoms with Gasteiger partial charge in [-0.05, 0) is 73.9 Å². The van der Waals surface area contributed by atoms with Gasteiger partial charge in [-0.1, -0.05) is 48.2 Å². The van der Waals surface area contributed by atoms with E-state index in [1.165, 1.54) is 16.7 Å². The van der Waals surface area contributed by atoms with Gasteiger partial charge in [0.1, 0.15) is 5.75 Å². The number of aryl methyl sites for hydroxylation is 2. The maximum absolute atomic E-state index is 13.5. The molecule has 156 valence electrons. The van der Waals surface area contributed by atoms with Crippen molar-refractivity contribution in [3.05, 3.63) is 94.4 Å². The van der Waals surface area contributed by atoms with Crippen molar-refractivity contribution in [1.82, 2.24) is 0 Å². The molecule has 0 saturated heterocycles. The van der Waals surface area contributed by atoms with E-state index >= 15 is 0 Å². The Morgan fingerprint density at radius 1 is 0.839 bits per heavy atom. The molecule has 3 aromatic carbocycles. The van der Waals surface area contributed by atoms with Crippen molar-refractivity contribution in [3.8, 4) is 5.75 Å². The van der Waals surface area contributed by atoms with Gasteiger partial charge in [-0.25, -0.2) is 4.90 Å². The van der Waals surface area contributed by atoms with Gasteiger partial charge in [0.2, 0.25) is 0 Å². The molecule has 0 bridgehead atoms. The lowest BCUT2D eigenvalue weighted by Crippen LogP contribution is -2.31. The first-order chi connectivity index (χ1) is 15.0. The molecule has 0 aromatic heterocycles. The minimum Gasteiger partial charge on any atom is -0.494 e. The summed E-state index contributed by atoms with van der Waals surface area (Å²) in [5, 5.41) is 0. The fourth-order valence-corrected chi connectivity index (χ4v) is 4.47. The number of rotatable bonds is 6. The van der Waals surface area contributed by atoms with Crippen LogP contribution < -0.4 is 9.64 Å². The Morgan fingerprint density at radius 3 is 2.19 bits per heavy atom. The van der Waals surface area contributed by atoms with Crippen molar-refractivity contribution < 1.29 is 14.3 Å². The van der Waals surface area contributed by atoms with Gasteiger partial charge >= 0.3 is 0 Å². The summed E-state index contributed by atoms with van der Waals surface area (Å²) in [6, 6.07) is 22.6. The van der Waals surface area contributed by atoms with Crippen LogP contribution in [0.1, 0.15) is 23.6 Å². The first-order valence-electron chi connectivity index (χ1n) is 10.2. The van der Waals surface area contributed by atoms with Crippen LogP contribution in [0.25, 0.3) is 5.57 Å². The quantitative estimate of drug-likeness (QED) is 0.466. The van der Waals surface area contributed by atoms with Crippen LogP contribution in [-0.4, -0.2) is 18.4 Å². The molecule has 0 radical (unpaired) electrons. The number of amides is 2. The van der Waals surface area contributed by atoms with E-state index in [1.54, 1.807) is 24.3 Å². The van der Waals surface area contributed by atoms with Crippen LogP contribution in [0.4, 0.5) is 5.69 Å². The Kier molecular flexibility index (Phi) is 5.96. The molecule has 0 atom stereocenters. The van der Waals surface area contributed by atoms with Crippen LogP contribution in [0.15, 0.2) is 82.6 Å². The van der Waals surface area contributed by atoms with Crippen molar-refractivity contribution in [3.63, 3.8) is 0 Å². The normalized spacial score (nSPS) is 13.8. The standard InChI is InChI=1S/C26H23NO3S/c1-4-30-21-14-12-20(13-15-21)27-25(28)23(19-11-10-17(2)18(3)16-19)24(26(27)29)31-22-8-6-5-7-9-22/h5-16H,4H2,1-3H3. The average Bonchev–Trinajstić information content (AvgIpc) is 3.01. The molecule has 4 nitrogen and oxygen atoms in total. The number of carbonyl (C=O) groups is 2. The molecule has 0 spiro atoms. The predicted octanol–water partition coefficient (Wildman–Crippen LogP) is 5.78. The Labute approximate surface area is 186 Å². The van der Waals surface area contributed by atoms with Crippen LogP contribution in [0.3, 0.4) is 0 Å². The number of hydrogen-bond donors (Lipinski definition) is 0. The first kappa shape index (κ1) is 20.9. The summed E-state index contributed by atoms with van der Waals surface area (Å²) in [7, 11) is 0. The third-order valence-corrected chi connectivity index (χ3v) is 6.30. The van der Waals surface area contributed by atoms with Crippen LogP contribution >= 0.6 is 11.8 Å². The minimum absolute atomic E-state index is 0.309. The van der Waals surface area contributed by atoms with E-state index in [4.69, 9.17) is 4.74 Å². The summed E-state index contributed by atoms with van der Waals surface area (Å²) in [5.41, 5.74) is 3.95. The van der Waals surface area contributed by atoms with Crippen LogP contribution in [0.5, 0.6) is 5.75 Å². The Balaban J connectivity index is 1.78. The SMILES string of the molecule is CCOc1ccc(N2C(=O)C(Sc3ccccc3)=C(c3ccc(C)c(C)c3)C2=O)cc1. The van der Waals surface area contributed by atoms with Gasteiger partial charge in [-0.15, -0.1) is 0 Å². The van der Waals surface area contributed by atoms with Gasteiger partial charge in [0.15, 0.2) is 0 Å². The summed E-state index contributed by atoms with van der Waals surface area (Å²) in [5.74, 6) is 0.0821. The predicted molar refractivity (Wildman–Crippen MR) is 125 cm³/mol. The van der Waals surface area contributed by atoms with Gasteiger partial charge in [0.25, 0.3) is 11.8 Å². The maximum Gasteiger partial charge on any atom is 0.272 e. The molecule has 3 aromatic rings. The fourth-order valence-electron chi connectivity index (χ4n) is 3.45. The Bertz CT molecular complexity index is 1170. The Morgan fingerprint density at radius 2 is 1.55 bits per heavy atom. The van der Waals surface area contributed by atoms with E-state index in [0.29, 0.717) is 28.5 Å². The van der Waals surface area contributed by atoms with E-state index in [-0.39, 0.29) is 11.8 Å². The van der Waals surface area contributed by atoms with Crippen LogP contribution in [0, 0.1) is 13.8 Å². The van der Waals surface area contributed by atoms with Gasteiger partial charge < -0.3 is 4.74 Å². The van der Waals surface area contributed by atoms with E-state index < -0.39 is 0 Å². The van der Waals surface area contributed by atoms with Gasteiger partial charge in [-0.2, -0.15) is 0 Å². The highest BCUT2D eigenvalue weighted by Crippen LogP contribution is 2.41. The molecule has 0 aliphatic carbocycles. The largest absolute Gasteiger partial charge is 0.494 e. The molecule has 5 heteroatoms. The lowest BCUT2D eigenvalue weighted by atomic mass is 10.0. The number of anilines is 1. The summed E-state index contributed by atoms with van der Waals surface area (Å²) >= 11 is 1.33. The number of ether oxygens (including phenoxy) is 1. The van der Waals surface area contributed by atoms with Crippen molar-refractivity contribution in [1.29, 1.82) is 0 Å². The smallest absolute Gasteiger partial charge is 0.272 e. The van der Waals surface area contributed by atoms with Crippen LogP contribution in [-0.2, 0) is 9.59 Å². The molecular weight excluding hydrogens is 406 g/mol. The molecule has 0 saturated carbocycles. The highest BCUT2D eigenvalue weighted by Gasteiger charge is 2.40. The average molecular weight is 430 g/mol. The maximum atomic E-state index is 13.5. The lowest BCUT2D eigenvalue weighted by molar-refractivity contribution is -0.119. The number of carbonyl (C=O) groups excluding carboxylic acids is 2. The minimum atomic E-state index is -0.309. The summed E-state index contributed by atoms with van der Waals surface area (Å²) < 4.78 is 5.49. The third-order valence-electron chi connectivity index (χ3n) is 5.21. The molecular formula is C26H23NO3S. The molecule has 1 aliphatic heterocycles. The molecule has 0 N–H and O–H groups in total. The molecule has 1 heterocycles. The molecule has 0 fully saturated rings. The highest BCUT2D eigenvalue weighted by molar-refractivity contribution is 8.04. The molecule has 0 unspecified atom stereocenters. The lowest BCUT2D eigenvalue weighted by Gasteiger charge is -2.16. The van der Waals surface area contributed by atoms with Crippen molar-refractivity contribution in [2.45, 2.75) is 25.7 Å². The topological polar surface area (TPSA) is 46.6 Å². The van der Waals surface area contributed by atoms with E-state index in [9.17, 15) is 9.59 Å². The molecule has 1 aliphatic rings. The monoisotopic (exact) mass is 429 g/mol. The number of thioether (sulfide) groups is 1. The molecule has 2 amide bonds. The summed E-state index contributed by atoms with van der Waals surface area (Å²) in [6.07, 6.45) is 0. The number of imide groups is 1. The van der Waals surface area contributed by atoms with Crippen molar-refractivity contribution in [2.24, 2.45) is 0 Å². The highest BCUT2D eigenvalue weighted by atomic mass is 32.2. The van der Waals surface area contributed by atoms with E-state index in [0.717, 1.165) is 21.6 Å². The molecule has 31 heavy (non-hydrogen) atoms. The van der Waals surface area contributed by atoms with E-state index in [2.05, 4.69) is 0 Å². The van der Waals surface area contributed by atoms with Gasteiger partial charge in [-0.3, -0.25) is 9.59 Å². The summed E-state index contributed by atoms with van der Waals surface area (Å²) in [6.45, 7) is 6.50. The zero-order valence-electron chi connectivity index (χ0n) is 17.7. The zero-order chi connectivity index (χ0) is 22.0. The van der Waals surface area contributed by atoms with E-state index in [1.807, 2.05) is 69.3 Å². The first-order valence-corrected chi connectivity index (χ1v) is 11.0. The Hall–Kier alpha value is -3.31. The second-order valence-corrected chi connectivity index (χ2v) is 8.37. The zero-order valence-corrected chi connectivity index (χ0v) is 18.5. The third kappa shape index (κ3) is 4.14. The van der Waals surface area contributed by atoms with Crippen molar-refractivity contribution >= 4 is 34.8 Å². The number of nitrogens with zero attached hydrogens (tertiary/aromatic N) is 1. The fraction of sp³-hybridized carbons (Fsp3) is 0.154. The molecule has 4 rings (SSSR count). The number of hydrogen-bond acceptors (Lipinski definition) is 4. The number of benzene rings is 3. The van der Waals surface area contributed by atoms with Crippen molar-refractivity contribution in [2.75, 3.05) is 11.5 Å². The second-order valence-electron chi connectivity index (χ2n) is 7.29. The van der Waals surface area contributed by atoms with Crippen LogP contribution in [0.2, 0.25) is 0 Å². The second kappa shape index (κ2) is 8.82.